The second-order valence-electron chi connectivity index (χ2n) is 9.08. The van der Waals surface area contributed by atoms with Crippen LogP contribution in [0.5, 0.6) is 0 Å². The Morgan fingerprint density at radius 2 is 1.83 bits per heavy atom. The topological polar surface area (TPSA) is 106 Å². The second-order valence-corrected chi connectivity index (χ2v) is 9.52. The van der Waals surface area contributed by atoms with E-state index >= 15 is 0 Å². The van der Waals surface area contributed by atoms with Gasteiger partial charge in [-0.3, -0.25) is 9.59 Å². The maximum atomic E-state index is 13.0. The Morgan fingerprint density at radius 3 is 2.58 bits per heavy atom. The molecule has 3 aliphatic heterocycles. The number of nitrogens with zero attached hydrogens (tertiary/aromatic N) is 3. The number of carbonyl (C=O) groups excluding carboxylic acids is 2. The van der Waals surface area contributed by atoms with E-state index in [4.69, 9.17) is 21.1 Å². The number of piperidine rings is 1. The van der Waals surface area contributed by atoms with Crippen LogP contribution >= 0.6 is 11.6 Å². The van der Waals surface area contributed by atoms with Crippen molar-refractivity contribution in [2.75, 3.05) is 36.9 Å². The first-order chi connectivity index (χ1) is 17.5. The molecule has 0 atom stereocenters. The van der Waals surface area contributed by atoms with E-state index in [1.165, 1.54) is 0 Å². The Bertz CT molecular complexity index is 1330. The number of ether oxygens (including phenoxy) is 2. The van der Waals surface area contributed by atoms with Gasteiger partial charge in [-0.1, -0.05) is 11.6 Å². The number of aromatic nitrogens is 2. The molecule has 0 unspecified atom stereocenters. The number of benzene rings is 2. The summed E-state index contributed by atoms with van der Waals surface area (Å²) in [6.45, 7) is 2.44. The van der Waals surface area contributed by atoms with E-state index in [0.717, 1.165) is 16.8 Å². The van der Waals surface area contributed by atoms with Gasteiger partial charge in [0.05, 0.1) is 31.0 Å². The summed E-state index contributed by atoms with van der Waals surface area (Å²) in [6.07, 6.45) is 3.20. The molecular formula is C26H24ClN5O4. The molecule has 0 radical (unpaired) electrons. The number of amides is 2. The average Bonchev–Trinajstić information content (AvgIpc) is 3.28. The number of nitrogens with one attached hydrogen (secondary N) is 2. The van der Waals surface area contributed by atoms with Crippen molar-refractivity contribution < 1.29 is 19.1 Å². The van der Waals surface area contributed by atoms with Crippen molar-refractivity contribution in [2.24, 2.45) is 0 Å². The monoisotopic (exact) mass is 505 g/mol. The second kappa shape index (κ2) is 9.16. The standard InChI is InChI=1S/C26H24ClN5O4/c27-18-3-6-20-21(14-18)30-22(33)13-17-15-28-25(31-23(17)20)29-19-4-1-16(2-5-19)24(34)32-9-7-26(8-10-32)35-11-12-36-26/h1-6,14-15H,7-13H2,(H,30,33)(H,28,29,31). The van der Waals surface area contributed by atoms with Crippen LogP contribution in [0.15, 0.2) is 48.7 Å². The lowest BCUT2D eigenvalue weighted by Crippen LogP contribution is -2.47. The van der Waals surface area contributed by atoms with Crippen molar-refractivity contribution in [1.82, 2.24) is 14.9 Å². The largest absolute Gasteiger partial charge is 0.347 e. The Hall–Kier alpha value is -3.53. The van der Waals surface area contributed by atoms with Crippen LogP contribution in [0.1, 0.15) is 28.8 Å². The first kappa shape index (κ1) is 22.9. The molecular weight excluding hydrogens is 482 g/mol. The molecule has 10 heteroatoms. The van der Waals surface area contributed by atoms with E-state index in [-0.39, 0.29) is 18.2 Å². The fourth-order valence-corrected chi connectivity index (χ4v) is 5.04. The first-order valence-corrected chi connectivity index (χ1v) is 12.3. The van der Waals surface area contributed by atoms with Crippen LogP contribution in [0.3, 0.4) is 0 Å². The molecule has 184 valence electrons. The molecule has 3 aliphatic rings. The predicted molar refractivity (Wildman–Crippen MR) is 134 cm³/mol. The summed E-state index contributed by atoms with van der Waals surface area (Å²) in [5.41, 5.74) is 4.16. The number of fused-ring (bicyclic) bond motifs is 3. The van der Waals surface area contributed by atoms with Crippen molar-refractivity contribution >= 4 is 40.7 Å². The van der Waals surface area contributed by atoms with Gasteiger partial charge in [0.15, 0.2) is 5.79 Å². The highest BCUT2D eigenvalue weighted by Gasteiger charge is 2.40. The highest BCUT2D eigenvalue weighted by Crippen LogP contribution is 2.35. The third kappa shape index (κ3) is 4.41. The van der Waals surface area contributed by atoms with Crippen LogP contribution in [-0.2, 0) is 20.7 Å². The van der Waals surface area contributed by atoms with Crippen LogP contribution in [0.4, 0.5) is 17.3 Å². The number of rotatable bonds is 3. The maximum absolute atomic E-state index is 13.0. The summed E-state index contributed by atoms with van der Waals surface area (Å²) >= 11 is 6.12. The zero-order valence-electron chi connectivity index (χ0n) is 19.4. The first-order valence-electron chi connectivity index (χ1n) is 11.9. The minimum absolute atomic E-state index is 0.0110. The van der Waals surface area contributed by atoms with E-state index in [1.54, 1.807) is 30.5 Å². The SMILES string of the molecule is O=C1Cc2cnc(Nc3ccc(C(=O)N4CCC5(CC4)OCCO5)cc3)nc2-c2ccc(Cl)cc2N1. The molecule has 3 aromatic rings. The lowest BCUT2D eigenvalue weighted by atomic mass is 10.0. The lowest BCUT2D eigenvalue weighted by Gasteiger charge is -2.37. The van der Waals surface area contributed by atoms with E-state index in [9.17, 15) is 9.59 Å². The number of hydrogen-bond acceptors (Lipinski definition) is 7. The Balaban J connectivity index is 1.17. The van der Waals surface area contributed by atoms with Gasteiger partial charge in [-0.05, 0) is 42.5 Å². The van der Waals surface area contributed by atoms with Crippen LogP contribution in [-0.4, -0.2) is 58.8 Å². The molecule has 0 saturated carbocycles. The van der Waals surface area contributed by atoms with Crippen LogP contribution in [0.2, 0.25) is 5.02 Å². The molecule has 1 aromatic heterocycles. The van der Waals surface area contributed by atoms with Gasteiger partial charge in [0.1, 0.15) is 0 Å². The van der Waals surface area contributed by atoms with Gasteiger partial charge in [0, 0.05) is 59.5 Å². The molecule has 1 spiro atoms. The summed E-state index contributed by atoms with van der Waals surface area (Å²) in [4.78, 5) is 36.2. The van der Waals surface area contributed by atoms with Crippen LogP contribution in [0.25, 0.3) is 11.3 Å². The predicted octanol–water partition coefficient (Wildman–Crippen LogP) is 4.01. The number of anilines is 3. The van der Waals surface area contributed by atoms with Crippen molar-refractivity contribution in [2.45, 2.75) is 25.0 Å². The highest BCUT2D eigenvalue weighted by atomic mass is 35.5. The fourth-order valence-electron chi connectivity index (χ4n) is 4.87. The van der Waals surface area contributed by atoms with Gasteiger partial charge in [-0.2, -0.15) is 0 Å². The van der Waals surface area contributed by atoms with Gasteiger partial charge in [0.2, 0.25) is 11.9 Å². The van der Waals surface area contributed by atoms with E-state index < -0.39 is 5.79 Å². The third-order valence-electron chi connectivity index (χ3n) is 6.74. The Labute approximate surface area is 212 Å². The number of likely N-dealkylation sites (tertiary alicyclic amines) is 1. The van der Waals surface area contributed by atoms with Crippen molar-refractivity contribution in [3.8, 4) is 11.3 Å². The summed E-state index contributed by atoms with van der Waals surface area (Å²) < 4.78 is 11.5. The van der Waals surface area contributed by atoms with Gasteiger partial charge >= 0.3 is 0 Å². The van der Waals surface area contributed by atoms with Crippen LogP contribution in [0, 0.1) is 0 Å². The normalized spacial score (nSPS) is 18.2. The summed E-state index contributed by atoms with van der Waals surface area (Å²) in [7, 11) is 0. The van der Waals surface area contributed by atoms with E-state index in [1.807, 2.05) is 23.1 Å². The summed E-state index contributed by atoms with van der Waals surface area (Å²) in [6, 6.07) is 12.6. The van der Waals surface area contributed by atoms with Gasteiger partial charge < -0.3 is 25.0 Å². The van der Waals surface area contributed by atoms with E-state index in [0.29, 0.717) is 67.1 Å². The minimum atomic E-state index is -0.505. The average molecular weight is 506 g/mol. The molecule has 6 rings (SSSR count). The zero-order valence-corrected chi connectivity index (χ0v) is 20.2. The number of hydrogen-bond donors (Lipinski definition) is 2. The molecule has 2 aromatic carbocycles. The Morgan fingerprint density at radius 1 is 1.08 bits per heavy atom. The molecule has 0 bridgehead atoms. The van der Waals surface area contributed by atoms with Crippen LogP contribution < -0.4 is 10.6 Å². The van der Waals surface area contributed by atoms with Crippen molar-refractivity contribution in [3.63, 3.8) is 0 Å². The number of carbonyl (C=O) groups is 2. The highest BCUT2D eigenvalue weighted by molar-refractivity contribution is 6.31. The molecule has 2 fully saturated rings. The van der Waals surface area contributed by atoms with E-state index in [2.05, 4.69) is 20.6 Å². The smallest absolute Gasteiger partial charge is 0.253 e. The van der Waals surface area contributed by atoms with Crippen molar-refractivity contribution in [3.05, 3.63) is 64.8 Å². The molecule has 36 heavy (non-hydrogen) atoms. The molecule has 4 heterocycles. The van der Waals surface area contributed by atoms with Crippen molar-refractivity contribution in [1.29, 1.82) is 0 Å². The molecule has 9 nitrogen and oxygen atoms in total. The molecule has 2 N–H and O–H groups in total. The van der Waals surface area contributed by atoms with Gasteiger partial charge in [-0.15, -0.1) is 0 Å². The lowest BCUT2D eigenvalue weighted by molar-refractivity contribution is -0.181. The summed E-state index contributed by atoms with van der Waals surface area (Å²) in [5, 5.41) is 6.60. The molecule has 2 saturated heterocycles. The quantitative estimate of drug-likeness (QED) is 0.554. The maximum Gasteiger partial charge on any atom is 0.253 e. The fraction of sp³-hybridized carbons (Fsp3) is 0.308. The number of halogens is 1. The molecule has 0 aliphatic carbocycles. The van der Waals surface area contributed by atoms with Gasteiger partial charge in [0.25, 0.3) is 5.91 Å². The van der Waals surface area contributed by atoms with Gasteiger partial charge in [-0.25, -0.2) is 9.97 Å². The Kier molecular flexibility index (Phi) is 5.83. The third-order valence-corrected chi connectivity index (χ3v) is 6.98. The minimum Gasteiger partial charge on any atom is -0.347 e. The molecule has 2 amide bonds. The summed E-state index contributed by atoms with van der Waals surface area (Å²) in [5.74, 6) is -0.271. The zero-order chi connectivity index (χ0) is 24.7.